The number of benzene rings is 1. The van der Waals surface area contributed by atoms with Gasteiger partial charge in [0.25, 0.3) is 0 Å². The molecule has 0 saturated carbocycles. The number of hydrogen-bond acceptors (Lipinski definition) is 4. The van der Waals surface area contributed by atoms with Gasteiger partial charge in [0, 0.05) is 13.0 Å². The zero-order valence-electron chi connectivity index (χ0n) is 18.7. The molecular weight excluding hydrogens is 374 g/mol. The van der Waals surface area contributed by atoms with Crippen LogP contribution in [0.2, 0.25) is 0 Å². The minimum Gasteiger partial charge on any atom is -0.349 e. The molecule has 2 aliphatic rings. The molecule has 0 aromatic heterocycles. The number of unbranched alkanes of at least 4 members (excludes halogenated alkanes) is 4. The third-order valence-corrected chi connectivity index (χ3v) is 6.72. The Morgan fingerprint density at radius 3 is 2.50 bits per heavy atom. The summed E-state index contributed by atoms with van der Waals surface area (Å²) in [4.78, 5) is 27.0. The Labute approximate surface area is 182 Å². The summed E-state index contributed by atoms with van der Waals surface area (Å²) in [5, 5.41) is 6.72. The van der Waals surface area contributed by atoms with Crippen molar-refractivity contribution in [2.45, 2.75) is 96.1 Å². The molecule has 1 unspecified atom stereocenters. The molecule has 2 atom stereocenters. The normalized spacial score (nSPS) is 18.6. The second-order valence-corrected chi connectivity index (χ2v) is 9.13. The van der Waals surface area contributed by atoms with Gasteiger partial charge in [-0.15, -0.1) is 0 Å². The lowest BCUT2D eigenvalue weighted by molar-refractivity contribution is -0.122. The Balaban J connectivity index is 1.67. The number of amides is 1. The molecule has 1 aliphatic heterocycles. The van der Waals surface area contributed by atoms with Crippen molar-refractivity contribution < 1.29 is 4.79 Å². The van der Waals surface area contributed by atoms with E-state index in [2.05, 4.69) is 40.5 Å². The molecule has 1 aliphatic carbocycles. The van der Waals surface area contributed by atoms with Gasteiger partial charge in [0.15, 0.2) is 0 Å². The molecule has 166 valence electrons. The van der Waals surface area contributed by atoms with Crippen molar-refractivity contribution in [3.8, 4) is 0 Å². The van der Waals surface area contributed by atoms with E-state index in [9.17, 15) is 9.70 Å². The Kier molecular flexibility index (Phi) is 9.31. The predicted octanol–water partition coefficient (Wildman–Crippen LogP) is 5.31. The fraction of sp³-hybridized carbons (Fsp3) is 0.720. The van der Waals surface area contributed by atoms with E-state index in [1.807, 2.05) is 0 Å². The maximum absolute atomic E-state index is 12.7. The third-order valence-electron chi connectivity index (χ3n) is 6.72. The predicted molar refractivity (Wildman–Crippen MR) is 123 cm³/mol. The molecule has 30 heavy (non-hydrogen) atoms. The largest absolute Gasteiger partial charge is 0.349 e. The lowest BCUT2D eigenvalue weighted by Gasteiger charge is -2.28. The van der Waals surface area contributed by atoms with Crippen LogP contribution in [0.15, 0.2) is 23.4 Å². The van der Waals surface area contributed by atoms with Crippen LogP contribution in [0.3, 0.4) is 0 Å². The van der Waals surface area contributed by atoms with Gasteiger partial charge in [-0.3, -0.25) is 4.79 Å². The van der Waals surface area contributed by atoms with Crippen LogP contribution in [0.1, 0.15) is 93.9 Å². The summed E-state index contributed by atoms with van der Waals surface area (Å²) >= 11 is 0. The van der Waals surface area contributed by atoms with Crippen molar-refractivity contribution in [1.29, 1.82) is 0 Å². The highest BCUT2D eigenvalue weighted by atomic mass is 16.3. The molecule has 1 saturated heterocycles. The summed E-state index contributed by atoms with van der Waals surface area (Å²) in [5.41, 5.74) is 3.72. The van der Waals surface area contributed by atoms with Crippen LogP contribution in [-0.2, 0) is 17.6 Å². The summed E-state index contributed by atoms with van der Waals surface area (Å²) in [6.07, 6.45) is 13.2. The Morgan fingerprint density at radius 1 is 1.03 bits per heavy atom. The number of carbonyl (C=O) groups is 1. The Morgan fingerprint density at radius 2 is 1.77 bits per heavy atom. The van der Waals surface area contributed by atoms with E-state index in [4.69, 9.17) is 0 Å². The van der Waals surface area contributed by atoms with Gasteiger partial charge in [0.1, 0.15) is 6.04 Å². The lowest BCUT2D eigenvalue weighted by atomic mass is 9.88. The van der Waals surface area contributed by atoms with Crippen molar-refractivity contribution in [2.24, 2.45) is 5.18 Å². The van der Waals surface area contributed by atoms with Crippen LogP contribution in [0.25, 0.3) is 0 Å². The number of fused-ring (bicyclic) bond motifs is 1. The number of nitrogens with zero attached hydrogens (tertiary/aromatic N) is 2. The van der Waals surface area contributed by atoms with E-state index in [0.29, 0.717) is 13.0 Å². The molecule has 5 heteroatoms. The van der Waals surface area contributed by atoms with Gasteiger partial charge < -0.3 is 10.2 Å². The minimum absolute atomic E-state index is 0.0577. The first-order valence-electron chi connectivity index (χ1n) is 12.2. The second-order valence-electron chi connectivity index (χ2n) is 9.13. The summed E-state index contributed by atoms with van der Waals surface area (Å²) in [7, 11) is 0. The van der Waals surface area contributed by atoms with E-state index < -0.39 is 6.04 Å². The number of rotatable bonds is 12. The second kappa shape index (κ2) is 12.2. The highest BCUT2D eigenvalue weighted by molar-refractivity contribution is 5.76. The standard InChI is InChI=1S/C25H39N3O2/c1-2-3-4-5-6-13-24(29)26-23(19-28-16-9-10-17-28)25(27-30)22-15-14-20-11-7-8-12-21(20)18-22/h14-15,18,23,25H,2-13,16-17,19H2,1H3,(H,26,29)/t23-,25?/m1/s1. The SMILES string of the molecule is CCCCCCCC(=O)N[C@H](CN1CCCC1)C(N=O)c1ccc2c(c1)CCCC2. The first-order valence-corrected chi connectivity index (χ1v) is 12.2. The fourth-order valence-corrected chi connectivity index (χ4v) is 4.94. The number of carbonyl (C=O) groups excluding carboxylic acids is 1. The quantitative estimate of drug-likeness (QED) is 0.373. The van der Waals surface area contributed by atoms with Crippen LogP contribution in [0.4, 0.5) is 0 Å². The van der Waals surface area contributed by atoms with Gasteiger partial charge in [0.05, 0.1) is 6.04 Å². The molecule has 0 bridgehead atoms. The zero-order valence-corrected chi connectivity index (χ0v) is 18.7. The molecule has 5 nitrogen and oxygen atoms in total. The van der Waals surface area contributed by atoms with Crippen molar-refractivity contribution >= 4 is 5.91 Å². The summed E-state index contributed by atoms with van der Waals surface area (Å²) in [5.74, 6) is 0.0577. The van der Waals surface area contributed by atoms with Crippen LogP contribution in [-0.4, -0.2) is 36.5 Å². The molecule has 1 aromatic rings. The van der Waals surface area contributed by atoms with E-state index in [-0.39, 0.29) is 11.9 Å². The molecule has 3 rings (SSSR count). The van der Waals surface area contributed by atoms with Crippen LogP contribution in [0.5, 0.6) is 0 Å². The Hall–Kier alpha value is -1.75. The molecule has 0 radical (unpaired) electrons. The molecule has 1 amide bonds. The monoisotopic (exact) mass is 413 g/mol. The molecule has 1 fully saturated rings. The zero-order chi connectivity index (χ0) is 21.2. The number of likely N-dealkylation sites (tertiary alicyclic amines) is 1. The van der Waals surface area contributed by atoms with Crippen LogP contribution >= 0.6 is 0 Å². The fourth-order valence-electron chi connectivity index (χ4n) is 4.94. The van der Waals surface area contributed by atoms with Crippen LogP contribution < -0.4 is 5.32 Å². The summed E-state index contributed by atoms with van der Waals surface area (Å²) in [6.45, 7) is 4.98. The lowest BCUT2D eigenvalue weighted by Crippen LogP contribution is -2.46. The van der Waals surface area contributed by atoms with Gasteiger partial charge >= 0.3 is 0 Å². The smallest absolute Gasteiger partial charge is 0.220 e. The molecule has 1 aromatic carbocycles. The first kappa shape index (κ1) is 22.9. The average Bonchev–Trinajstić information content (AvgIpc) is 3.27. The van der Waals surface area contributed by atoms with Gasteiger partial charge in [-0.2, -0.15) is 4.91 Å². The molecule has 0 spiro atoms. The van der Waals surface area contributed by atoms with Gasteiger partial charge in [-0.05, 0) is 74.7 Å². The van der Waals surface area contributed by atoms with Gasteiger partial charge in [-0.25, -0.2) is 0 Å². The van der Waals surface area contributed by atoms with E-state index in [1.54, 1.807) is 0 Å². The Bertz CT molecular complexity index is 685. The van der Waals surface area contributed by atoms with Crippen molar-refractivity contribution in [3.63, 3.8) is 0 Å². The molecule has 1 N–H and O–H groups in total. The highest BCUT2D eigenvalue weighted by Gasteiger charge is 2.29. The van der Waals surface area contributed by atoms with Gasteiger partial charge in [0.2, 0.25) is 5.91 Å². The number of nitroso groups, excluding NO2 is 1. The van der Waals surface area contributed by atoms with E-state index >= 15 is 0 Å². The average molecular weight is 414 g/mol. The summed E-state index contributed by atoms with van der Waals surface area (Å²) < 4.78 is 0. The van der Waals surface area contributed by atoms with Crippen molar-refractivity contribution in [2.75, 3.05) is 19.6 Å². The molecule has 1 heterocycles. The molecular formula is C25H39N3O2. The van der Waals surface area contributed by atoms with E-state index in [1.165, 1.54) is 56.1 Å². The maximum Gasteiger partial charge on any atom is 0.220 e. The van der Waals surface area contributed by atoms with Gasteiger partial charge in [-0.1, -0.05) is 56.0 Å². The first-order chi connectivity index (χ1) is 14.7. The maximum atomic E-state index is 12.7. The number of nitrogens with one attached hydrogen (secondary N) is 1. The summed E-state index contributed by atoms with van der Waals surface area (Å²) in [6, 6.07) is 5.62. The highest BCUT2D eigenvalue weighted by Crippen LogP contribution is 2.29. The van der Waals surface area contributed by atoms with Crippen molar-refractivity contribution in [1.82, 2.24) is 10.2 Å². The minimum atomic E-state index is -0.526. The number of hydrogen-bond donors (Lipinski definition) is 1. The van der Waals surface area contributed by atoms with Crippen LogP contribution in [0, 0.1) is 4.91 Å². The van der Waals surface area contributed by atoms with Crippen molar-refractivity contribution in [3.05, 3.63) is 39.8 Å². The third kappa shape index (κ3) is 6.63. The van der Waals surface area contributed by atoms with E-state index in [0.717, 1.165) is 44.3 Å². The topological polar surface area (TPSA) is 61.8 Å². The number of aryl methyl sites for hydroxylation is 2.